The lowest BCUT2D eigenvalue weighted by Gasteiger charge is -2.36. The first-order valence-electron chi connectivity index (χ1n) is 10.2. The SMILES string of the molecule is C=C/C=C(\C=C/C)c1ncccc1C(=O)N1CCC(F)(C/C(=C/C=C\C)N=C)CC1. The van der Waals surface area contributed by atoms with Crippen molar-refractivity contribution < 1.29 is 9.18 Å². The summed E-state index contributed by atoms with van der Waals surface area (Å²) in [6, 6.07) is 3.51. The molecular weight excluding hydrogens is 377 g/mol. The number of hydrogen-bond donors (Lipinski definition) is 0. The number of amides is 1. The van der Waals surface area contributed by atoms with E-state index in [0.717, 1.165) is 5.57 Å². The zero-order valence-corrected chi connectivity index (χ0v) is 17.9. The fourth-order valence-electron chi connectivity index (χ4n) is 3.48. The number of halogens is 1. The van der Waals surface area contributed by atoms with Crippen molar-refractivity contribution in [3.8, 4) is 0 Å². The molecule has 0 saturated carbocycles. The number of aliphatic imine (C=N–C) groups is 1. The number of carbonyl (C=O) groups is 1. The van der Waals surface area contributed by atoms with Crippen LogP contribution in [0.5, 0.6) is 0 Å². The smallest absolute Gasteiger partial charge is 0.256 e. The molecule has 1 aliphatic heterocycles. The van der Waals surface area contributed by atoms with Gasteiger partial charge in [-0.25, -0.2) is 4.39 Å². The minimum atomic E-state index is -1.39. The molecule has 1 aromatic rings. The van der Waals surface area contributed by atoms with E-state index in [1.807, 2.05) is 44.2 Å². The monoisotopic (exact) mass is 407 g/mol. The van der Waals surface area contributed by atoms with Crippen molar-refractivity contribution in [3.05, 3.63) is 84.4 Å². The Labute approximate surface area is 178 Å². The molecule has 0 aliphatic carbocycles. The van der Waals surface area contributed by atoms with E-state index < -0.39 is 5.67 Å². The molecule has 1 amide bonds. The van der Waals surface area contributed by atoms with Crippen molar-refractivity contribution in [2.45, 2.75) is 38.8 Å². The van der Waals surface area contributed by atoms with E-state index in [2.05, 4.69) is 23.3 Å². The minimum absolute atomic E-state index is 0.133. The topological polar surface area (TPSA) is 45.6 Å². The van der Waals surface area contributed by atoms with Gasteiger partial charge in [-0.2, -0.15) is 0 Å². The van der Waals surface area contributed by atoms with Crippen LogP contribution in [0.15, 0.2) is 78.1 Å². The maximum Gasteiger partial charge on any atom is 0.256 e. The zero-order chi connectivity index (χ0) is 22.0. The van der Waals surface area contributed by atoms with Gasteiger partial charge in [0.2, 0.25) is 0 Å². The number of likely N-dealkylation sites (tertiary alicyclic amines) is 1. The van der Waals surface area contributed by atoms with Gasteiger partial charge >= 0.3 is 0 Å². The standard InChI is InChI=1S/C25H30FN3O/c1-5-8-12-21(27-4)19-25(26)14-17-29(18-15-25)24(30)22-13-9-16-28-23(22)20(10-6-2)11-7-3/h5-13,16H,2,4,14-15,17-19H2,1,3H3/b8-5-,11-7-,20-10+,21-12-. The molecule has 0 radical (unpaired) electrons. The Balaban J connectivity index is 2.17. The third-order valence-electron chi connectivity index (χ3n) is 5.08. The number of nitrogens with zero attached hydrogens (tertiary/aromatic N) is 3. The van der Waals surface area contributed by atoms with Crippen LogP contribution in [0.1, 0.15) is 49.2 Å². The third-order valence-corrected chi connectivity index (χ3v) is 5.08. The maximum absolute atomic E-state index is 15.4. The molecule has 1 saturated heterocycles. The maximum atomic E-state index is 15.4. The second kappa shape index (κ2) is 11.2. The molecular formula is C25H30FN3O. The highest BCUT2D eigenvalue weighted by Crippen LogP contribution is 2.34. The molecule has 1 aromatic heterocycles. The highest BCUT2D eigenvalue weighted by atomic mass is 19.1. The molecule has 158 valence electrons. The average molecular weight is 408 g/mol. The second-order valence-corrected chi connectivity index (χ2v) is 7.22. The van der Waals surface area contributed by atoms with Gasteiger partial charge in [0.15, 0.2) is 0 Å². The minimum Gasteiger partial charge on any atom is -0.338 e. The van der Waals surface area contributed by atoms with Gasteiger partial charge < -0.3 is 4.90 Å². The molecule has 30 heavy (non-hydrogen) atoms. The van der Waals surface area contributed by atoms with Crippen LogP contribution in [-0.2, 0) is 0 Å². The van der Waals surface area contributed by atoms with Crippen LogP contribution in [-0.4, -0.2) is 41.3 Å². The van der Waals surface area contributed by atoms with Gasteiger partial charge in [-0.3, -0.25) is 14.8 Å². The molecule has 0 unspecified atom stereocenters. The Morgan fingerprint density at radius 3 is 2.63 bits per heavy atom. The van der Waals surface area contributed by atoms with E-state index in [9.17, 15) is 4.79 Å². The van der Waals surface area contributed by atoms with Crippen LogP contribution in [0, 0.1) is 0 Å². The van der Waals surface area contributed by atoms with Gasteiger partial charge in [0.1, 0.15) is 5.67 Å². The number of carbonyl (C=O) groups excluding carboxylic acids is 1. The van der Waals surface area contributed by atoms with Crippen molar-refractivity contribution in [3.63, 3.8) is 0 Å². The number of pyridine rings is 1. The first kappa shape index (κ1) is 23.2. The molecule has 2 rings (SSSR count). The lowest BCUT2D eigenvalue weighted by atomic mass is 9.88. The molecule has 2 heterocycles. The molecule has 5 heteroatoms. The summed E-state index contributed by atoms with van der Waals surface area (Å²) in [4.78, 5) is 23.3. The molecule has 4 nitrogen and oxygen atoms in total. The summed E-state index contributed by atoms with van der Waals surface area (Å²) in [5.74, 6) is -0.133. The van der Waals surface area contributed by atoms with Gasteiger partial charge in [-0.05, 0) is 51.6 Å². The lowest BCUT2D eigenvalue weighted by molar-refractivity contribution is 0.0436. The third kappa shape index (κ3) is 5.96. The van der Waals surface area contributed by atoms with Crippen molar-refractivity contribution in [2.24, 2.45) is 4.99 Å². The molecule has 1 fully saturated rings. The highest BCUT2D eigenvalue weighted by molar-refractivity contribution is 5.99. The van der Waals surface area contributed by atoms with Crippen molar-refractivity contribution in [1.82, 2.24) is 9.88 Å². The van der Waals surface area contributed by atoms with E-state index in [4.69, 9.17) is 0 Å². The molecule has 0 N–H and O–H groups in total. The van der Waals surface area contributed by atoms with Gasteiger partial charge in [-0.1, -0.05) is 43.0 Å². The first-order valence-corrected chi connectivity index (χ1v) is 10.2. The number of hydrogen-bond acceptors (Lipinski definition) is 3. The van der Waals surface area contributed by atoms with Gasteiger partial charge in [0, 0.05) is 37.0 Å². The van der Waals surface area contributed by atoms with Crippen LogP contribution < -0.4 is 0 Å². The normalized spacial score (nSPS) is 17.5. The molecule has 0 bridgehead atoms. The largest absolute Gasteiger partial charge is 0.338 e. The van der Waals surface area contributed by atoms with Crippen molar-refractivity contribution >= 4 is 18.2 Å². The van der Waals surface area contributed by atoms with Crippen molar-refractivity contribution in [1.29, 1.82) is 0 Å². The predicted octanol–water partition coefficient (Wildman–Crippen LogP) is 5.72. The predicted molar refractivity (Wildman–Crippen MR) is 123 cm³/mol. The van der Waals surface area contributed by atoms with Crippen LogP contribution in [0.3, 0.4) is 0 Å². The quantitative estimate of drug-likeness (QED) is 0.408. The Kier molecular flexibility index (Phi) is 8.66. The zero-order valence-electron chi connectivity index (χ0n) is 17.9. The summed E-state index contributed by atoms with van der Waals surface area (Å²) in [6.45, 7) is 11.8. The average Bonchev–Trinajstić information content (AvgIpc) is 2.76. The molecule has 0 spiro atoms. The Hall–Kier alpha value is -3.08. The fourth-order valence-corrected chi connectivity index (χ4v) is 3.48. The number of alkyl halides is 1. The van der Waals surface area contributed by atoms with E-state index in [-0.39, 0.29) is 25.2 Å². The summed E-state index contributed by atoms with van der Waals surface area (Å²) < 4.78 is 15.4. The van der Waals surface area contributed by atoms with Crippen LogP contribution in [0.2, 0.25) is 0 Å². The van der Waals surface area contributed by atoms with E-state index in [1.165, 1.54) is 0 Å². The molecule has 0 atom stereocenters. The summed E-state index contributed by atoms with van der Waals surface area (Å²) in [6.07, 6.45) is 15.1. The van der Waals surface area contributed by atoms with Gasteiger partial charge in [0.05, 0.1) is 11.3 Å². The van der Waals surface area contributed by atoms with Crippen LogP contribution in [0.4, 0.5) is 4.39 Å². The Bertz CT molecular complexity index is 887. The molecule has 0 aromatic carbocycles. The van der Waals surface area contributed by atoms with Crippen molar-refractivity contribution in [2.75, 3.05) is 13.1 Å². The Morgan fingerprint density at radius 1 is 1.30 bits per heavy atom. The summed E-state index contributed by atoms with van der Waals surface area (Å²) in [5, 5.41) is 0. The van der Waals surface area contributed by atoms with Crippen LogP contribution in [0.25, 0.3) is 5.57 Å². The van der Waals surface area contributed by atoms with Gasteiger partial charge in [-0.15, -0.1) is 0 Å². The Morgan fingerprint density at radius 2 is 2.03 bits per heavy atom. The fraction of sp³-hybridized carbons (Fsp3) is 0.320. The number of aromatic nitrogens is 1. The van der Waals surface area contributed by atoms with E-state index in [1.54, 1.807) is 35.4 Å². The number of allylic oxidation sites excluding steroid dienone is 9. The number of rotatable bonds is 8. The summed E-state index contributed by atoms with van der Waals surface area (Å²) in [5.41, 5.74) is 1.16. The summed E-state index contributed by atoms with van der Waals surface area (Å²) in [7, 11) is 0. The molecule has 1 aliphatic rings. The second-order valence-electron chi connectivity index (χ2n) is 7.22. The number of piperidine rings is 1. The van der Waals surface area contributed by atoms with Crippen LogP contribution >= 0.6 is 0 Å². The first-order chi connectivity index (χ1) is 14.5. The lowest BCUT2D eigenvalue weighted by Crippen LogP contribution is -2.45. The highest BCUT2D eigenvalue weighted by Gasteiger charge is 2.37. The van der Waals surface area contributed by atoms with Gasteiger partial charge in [0.25, 0.3) is 5.91 Å². The summed E-state index contributed by atoms with van der Waals surface area (Å²) >= 11 is 0. The van der Waals surface area contributed by atoms with E-state index in [0.29, 0.717) is 30.0 Å². The van der Waals surface area contributed by atoms with E-state index >= 15 is 4.39 Å².